The molecule has 0 amide bonds. The highest BCUT2D eigenvalue weighted by Crippen LogP contribution is 2.45. The Kier molecular flexibility index (Phi) is 13.6. The van der Waals surface area contributed by atoms with Crippen molar-refractivity contribution in [1.82, 2.24) is 4.90 Å². The first-order chi connectivity index (χ1) is 27.4. The van der Waals surface area contributed by atoms with Crippen LogP contribution in [0.2, 0.25) is 0 Å². The van der Waals surface area contributed by atoms with Crippen LogP contribution in [-0.2, 0) is 35.8 Å². The largest absolute Gasteiger partial charge is 0.478 e. The number of fused-ring (bicyclic) bond motifs is 2. The summed E-state index contributed by atoms with van der Waals surface area (Å²) >= 11 is 6.50. The number of nitrogens with zero attached hydrogens (tertiary/aromatic N) is 3. The highest BCUT2D eigenvalue weighted by molar-refractivity contribution is 7.86. The lowest BCUT2D eigenvalue weighted by Crippen LogP contribution is -2.32. The minimum atomic E-state index is -4.51. The summed E-state index contributed by atoms with van der Waals surface area (Å²) in [5.74, 6) is -1.20. The Morgan fingerprint density at radius 1 is 0.864 bits per heavy atom. The lowest BCUT2D eigenvalue weighted by Gasteiger charge is -2.29. The third-order valence-electron chi connectivity index (χ3n) is 10.4. The van der Waals surface area contributed by atoms with Crippen LogP contribution < -0.4 is 0 Å². The van der Waals surface area contributed by atoms with Crippen LogP contribution in [0.3, 0.4) is 0 Å². The SMILES string of the molecule is CC1(C)C2=CC(Cl)=CN(CCCCS(=O)(=O)O)C2=N/C1=C/C=C/C(=C/C=C/C1=[N+](CCCCS(=O)(=O)O)c2ccc(S(=O)(=O)O)cc2C1(C)C)c1cccc(C(=O)O)c1. The molecule has 0 bridgehead atoms. The van der Waals surface area contributed by atoms with Gasteiger partial charge in [0.2, 0.25) is 5.69 Å². The van der Waals surface area contributed by atoms with Crippen LogP contribution in [0, 0.1) is 5.41 Å². The van der Waals surface area contributed by atoms with Gasteiger partial charge in [0, 0.05) is 47.9 Å². The highest BCUT2D eigenvalue weighted by Gasteiger charge is 2.45. The van der Waals surface area contributed by atoms with Crippen molar-refractivity contribution in [2.45, 2.75) is 63.7 Å². The molecule has 14 nitrogen and oxygen atoms in total. The minimum absolute atomic E-state index is 0.0805. The van der Waals surface area contributed by atoms with Gasteiger partial charge in [-0.25, -0.2) is 9.79 Å². The average Bonchev–Trinajstić information content (AvgIpc) is 3.50. The van der Waals surface area contributed by atoms with Crippen LogP contribution in [0.5, 0.6) is 0 Å². The van der Waals surface area contributed by atoms with Crippen LogP contribution in [0.15, 0.2) is 117 Å². The number of halogens is 1. The molecule has 2 aromatic rings. The summed E-state index contributed by atoms with van der Waals surface area (Å²) in [5, 5.41) is 10.2. The van der Waals surface area contributed by atoms with Crippen molar-refractivity contribution in [2.75, 3.05) is 24.6 Å². The molecule has 0 saturated heterocycles. The predicted octanol–water partition coefficient (Wildman–Crippen LogP) is 7.18. The minimum Gasteiger partial charge on any atom is -0.478 e. The number of carboxylic acids is 1. The molecule has 3 aliphatic heterocycles. The van der Waals surface area contributed by atoms with E-state index in [1.54, 1.807) is 48.7 Å². The molecule has 5 rings (SSSR count). The Balaban J connectivity index is 1.52. The number of aromatic carboxylic acids is 1. The van der Waals surface area contributed by atoms with Crippen LogP contribution in [0.4, 0.5) is 5.69 Å². The molecule has 0 radical (unpaired) electrons. The van der Waals surface area contributed by atoms with E-state index in [0.29, 0.717) is 64.9 Å². The number of allylic oxidation sites excluding steroid dienone is 10. The van der Waals surface area contributed by atoms with Crippen molar-refractivity contribution in [3.05, 3.63) is 124 Å². The molecular weight excluding hydrogens is 842 g/mol. The maximum Gasteiger partial charge on any atom is 0.335 e. The molecule has 0 spiro atoms. The van der Waals surface area contributed by atoms with Gasteiger partial charge in [-0.2, -0.15) is 29.8 Å². The molecule has 316 valence electrons. The molecule has 2 aromatic carbocycles. The summed E-state index contributed by atoms with van der Waals surface area (Å²) in [6.07, 6.45) is 15.7. The summed E-state index contributed by atoms with van der Waals surface area (Å²) < 4.78 is 99.5. The van der Waals surface area contributed by atoms with Gasteiger partial charge in [-0.3, -0.25) is 13.7 Å². The maximum absolute atomic E-state index is 12.1. The summed E-state index contributed by atoms with van der Waals surface area (Å²) in [7, 11) is -12.8. The fourth-order valence-corrected chi connectivity index (χ4v) is 9.11. The zero-order chi connectivity index (χ0) is 43.6. The molecular formula is C41H47ClN3O11S3+. The molecule has 0 atom stereocenters. The van der Waals surface area contributed by atoms with Crippen LogP contribution >= 0.6 is 11.6 Å². The monoisotopic (exact) mass is 888 g/mol. The van der Waals surface area contributed by atoms with E-state index < -0.39 is 52.9 Å². The molecule has 0 aromatic heterocycles. The summed E-state index contributed by atoms with van der Waals surface area (Å²) in [6.45, 7) is 8.55. The molecule has 0 fully saturated rings. The third-order valence-corrected chi connectivity index (χ3v) is 13.0. The second-order valence-corrected chi connectivity index (χ2v) is 20.4. The second kappa shape index (κ2) is 17.6. The van der Waals surface area contributed by atoms with E-state index in [4.69, 9.17) is 21.1 Å². The number of hydrogen-bond donors (Lipinski definition) is 4. The smallest absolute Gasteiger partial charge is 0.335 e. The number of benzene rings is 2. The number of carbonyl (C=O) groups is 1. The van der Waals surface area contributed by atoms with Gasteiger partial charge >= 0.3 is 5.97 Å². The third kappa shape index (κ3) is 11.2. The van der Waals surface area contributed by atoms with Gasteiger partial charge in [-0.05, 0) is 80.7 Å². The Morgan fingerprint density at radius 2 is 1.53 bits per heavy atom. The van der Waals surface area contributed by atoms with Gasteiger partial charge in [0.05, 0.1) is 38.1 Å². The van der Waals surface area contributed by atoms with E-state index in [0.717, 1.165) is 11.3 Å². The molecule has 18 heteroatoms. The number of amidine groups is 1. The van der Waals surface area contributed by atoms with E-state index in [2.05, 4.69) is 0 Å². The number of aliphatic imine (C=N–C) groups is 1. The zero-order valence-electron chi connectivity index (χ0n) is 32.9. The molecule has 4 N–H and O–H groups in total. The van der Waals surface area contributed by atoms with Crippen molar-refractivity contribution >= 4 is 70.7 Å². The van der Waals surface area contributed by atoms with Gasteiger partial charge in [-0.1, -0.05) is 61.9 Å². The van der Waals surface area contributed by atoms with Crippen LogP contribution in [-0.4, -0.2) is 95.6 Å². The molecule has 3 aliphatic rings. The van der Waals surface area contributed by atoms with Crippen molar-refractivity contribution in [3.63, 3.8) is 0 Å². The van der Waals surface area contributed by atoms with Gasteiger partial charge in [0.25, 0.3) is 30.4 Å². The quantitative estimate of drug-likeness (QED) is 0.0537. The first-order valence-electron chi connectivity index (χ1n) is 18.6. The Bertz CT molecular complexity index is 2630. The summed E-state index contributed by atoms with van der Waals surface area (Å²) in [4.78, 5) is 18.5. The molecule has 0 unspecified atom stereocenters. The van der Waals surface area contributed by atoms with Crippen molar-refractivity contribution in [3.8, 4) is 0 Å². The highest BCUT2D eigenvalue weighted by atomic mass is 35.5. The second-order valence-electron chi connectivity index (χ2n) is 15.4. The van der Waals surface area contributed by atoms with Crippen LogP contribution in [0.25, 0.3) is 5.57 Å². The van der Waals surface area contributed by atoms with Crippen LogP contribution in [0.1, 0.15) is 74.9 Å². The van der Waals surface area contributed by atoms with E-state index in [1.807, 2.05) is 61.5 Å². The van der Waals surface area contributed by atoms with Gasteiger partial charge < -0.3 is 10.0 Å². The Morgan fingerprint density at radius 3 is 2.17 bits per heavy atom. The lowest BCUT2D eigenvalue weighted by molar-refractivity contribution is -0.438. The number of rotatable bonds is 17. The van der Waals surface area contributed by atoms with Gasteiger partial charge in [0.15, 0.2) is 5.71 Å². The molecule has 59 heavy (non-hydrogen) atoms. The number of carboxylic acid groups (broad SMARTS) is 1. The summed E-state index contributed by atoms with van der Waals surface area (Å²) in [6, 6.07) is 10.8. The Labute approximate surface area is 350 Å². The zero-order valence-corrected chi connectivity index (χ0v) is 36.1. The number of hydrogen-bond acceptors (Lipinski definition) is 9. The lowest BCUT2D eigenvalue weighted by atomic mass is 9.81. The average molecular weight is 889 g/mol. The van der Waals surface area contributed by atoms with E-state index >= 15 is 0 Å². The van der Waals surface area contributed by atoms with E-state index in [9.17, 15) is 44.3 Å². The first kappa shape index (κ1) is 45.6. The predicted molar refractivity (Wildman–Crippen MR) is 228 cm³/mol. The fraction of sp³-hybridized carbons (Fsp3) is 0.341. The van der Waals surface area contributed by atoms with E-state index in [-0.39, 0.29) is 29.1 Å². The molecule has 0 aliphatic carbocycles. The molecule has 3 heterocycles. The van der Waals surface area contributed by atoms with E-state index in [1.165, 1.54) is 18.2 Å². The van der Waals surface area contributed by atoms with Crippen molar-refractivity contribution in [1.29, 1.82) is 0 Å². The normalized spacial score (nSPS) is 18.7. The maximum atomic E-state index is 12.1. The van der Waals surface area contributed by atoms with Gasteiger partial charge in [0.1, 0.15) is 12.4 Å². The molecule has 0 saturated carbocycles. The van der Waals surface area contributed by atoms with Crippen molar-refractivity contribution in [2.24, 2.45) is 10.4 Å². The fourth-order valence-electron chi connectivity index (χ4n) is 7.24. The standard InChI is InChI=1S/C41H46ClN3O11S3/c1-40(2)34-25-31(42)27-44(20-5-7-22-57(48,49)50)38(34)43-36(40)16-10-12-28(29-14-9-15-30(24-29)39(46)47)13-11-17-37-41(3,4)33-26-32(59(54,55)56)18-19-35(33)45(37)21-6-8-23-58(51,52)53/h9-19,24-27H,5-8,20-23H2,1-4H3,(H3-,46,47,48,49,50,51,52,53,54,55,56)/p+1. The Hall–Kier alpha value is -4.49. The number of unbranched alkanes of at least 4 members (excludes halogenated alkanes) is 2. The van der Waals surface area contributed by atoms with Crippen molar-refractivity contribution < 1.29 is 53.4 Å². The topological polar surface area (TPSA) is 219 Å². The first-order valence-corrected chi connectivity index (χ1v) is 23.7. The van der Waals surface area contributed by atoms with Gasteiger partial charge in [-0.15, -0.1) is 0 Å². The summed E-state index contributed by atoms with van der Waals surface area (Å²) in [5.41, 5.74) is 3.57.